The van der Waals surface area contributed by atoms with E-state index in [9.17, 15) is 9.50 Å². The van der Waals surface area contributed by atoms with Crippen molar-refractivity contribution in [3.05, 3.63) is 48.0 Å². The van der Waals surface area contributed by atoms with Gasteiger partial charge in [0.05, 0.1) is 19.8 Å². The standard InChI is InChI=1S/C23H26FN3O3/c1-30-21-3-2-15(24)6-18(21)17-4-5-25-22-19(17)7-20(26-22)14-8-23(9-14)12-27(13-23)10-16(29)11-28/h2-7,14,16,28-29H,8-13H2,1H3,(H,25,26). The summed E-state index contributed by atoms with van der Waals surface area (Å²) in [4.78, 5) is 10.2. The highest BCUT2D eigenvalue weighted by molar-refractivity contribution is 5.95. The largest absolute Gasteiger partial charge is 0.496 e. The van der Waals surface area contributed by atoms with Gasteiger partial charge in [0, 0.05) is 48.4 Å². The van der Waals surface area contributed by atoms with E-state index in [-0.39, 0.29) is 12.4 Å². The summed E-state index contributed by atoms with van der Waals surface area (Å²) in [6, 6.07) is 8.60. The molecule has 1 spiro atoms. The number of pyridine rings is 1. The first-order chi connectivity index (χ1) is 14.5. The van der Waals surface area contributed by atoms with Gasteiger partial charge in [-0.2, -0.15) is 0 Å². The number of β-amino-alcohol motifs (C(OH)–C–C–N with tert-alkyl or cyclic N) is 1. The van der Waals surface area contributed by atoms with Crippen molar-refractivity contribution in [3.8, 4) is 16.9 Å². The fourth-order valence-corrected chi connectivity index (χ4v) is 5.24. The predicted molar refractivity (Wildman–Crippen MR) is 112 cm³/mol. The third-order valence-corrected chi connectivity index (χ3v) is 6.60. The summed E-state index contributed by atoms with van der Waals surface area (Å²) >= 11 is 0. The molecule has 1 aromatic carbocycles. The summed E-state index contributed by atoms with van der Waals surface area (Å²) in [6.45, 7) is 2.31. The number of aromatic nitrogens is 2. The van der Waals surface area contributed by atoms with Crippen LogP contribution in [0.2, 0.25) is 0 Å². The van der Waals surface area contributed by atoms with Gasteiger partial charge in [-0.1, -0.05) is 0 Å². The molecule has 1 saturated carbocycles. The number of aromatic amines is 1. The Morgan fingerprint density at radius 3 is 2.80 bits per heavy atom. The molecule has 1 unspecified atom stereocenters. The van der Waals surface area contributed by atoms with Crippen LogP contribution in [-0.2, 0) is 0 Å². The molecule has 0 bridgehead atoms. The molecular formula is C23H26FN3O3. The molecule has 158 valence electrons. The Morgan fingerprint density at radius 1 is 1.27 bits per heavy atom. The molecule has 1 aliphatic carbocycles. The van der Waals surface area contributed by atoms with Crippen LogP contribution >= 0.6 is 0 Å². The third-order valence-electron chi connectivity index (χ3n) is 6.60. The van der Waals surface area contributed by atoms with Gasteiger partial charge in [-0.3, -0.25) is 4.90 Å². The van der Waals surface area contributed by atoms with E-state index in [1.54, 1.807) is 19.4 Å². The van der Waals surface area contributed by atoms with Gasteiger partial charge in [-0.15, -0.1) is 0 Å². The molecule has 1 aliphatic heterocycles. The molecular weight excluding hydrogens is 385 g/mol. The number of hydrogen-bond acceptors (Lipinski definition) is 5. The van der Waals surface area contributed by atoms with Crippen molar-refractivity contribution in [2.75, 3.05) is 33.4 Å². The lowest BCUT2D eigenvalue weighted by Gasteiger charge is -2.59. The molecule has 0 radical (unpaired) electrons. The fourth-order valence-electron chi connectivity index (χ4n) is 5.24. The van der Waals surface area contributed by atoms with Crippen molar-refractivity contribution >= 4 is 11.0 Å². The summed E-state index contributed by atoms with van der Waals surface area (Å²) in [5, 5.41) is 19.6. The molecule has 30 heavy (non-hydrogen) atoms. The van der Waals surface area contributed by atoms with Gasteiger partial charge in [0.15, 0.2) is 0 Å². The molecule has 2 aliphatic rings. The third kappa shape index (κ3) is 3.27. The number of nitrogens with zero attached hydrogens (tertiary/aromatic N) is 2. The van der Waals surface area contributed by atoms with Crippen molar-refractivity contribution in [3.63, 3.8) is 0 Å². The van der Waals surface area contributed by atoms with Crippen LogP contribution < -0.4 is 4.74 Å². The molecule has 1 atom stereocenters. The number of benzene rings is 1. The van der Waals surface area contributed by atoms with Crippen LogP contribution in [0.4, 0.5) is 4.39 Å². The van der Waals surface area contributed by atoms with E-state index in [0.717, 1.165) is 48.1 Å². The van der Waals surface area contributed by atoms with Gasteiger partial charge in [-0.25, -0.2) is 9.37 Å². The van der Waals surface area contributed by atoms with E-state index in [2.05, 4.69) is 20.9 Å². The molecule has 3 N–H and O–H groups in total. The van der Waals surface area contributed by atoms with E-state index in [1.807, 2.05) is 6.07 Å². The molecule has 2 fully saturated rings. The highest BCUT2D eigenvalue weighted by Crippen LogP contribution is 2.56. The van der Waals surface area contributed by atoms with Crippen LogP contribution in [0.3, 0.4) is 0 Å². The van der Waals surface area contributed by atoms with Crippen molar-refractivity contribution in [1.29, 1.82) is 0 Å². The second kappa shape index (κ2) is 7.34. The highest BCUT2D eigenvalue weighted by Gasteiger charge is 2.52. The number of aliphatic hydroxyl groups excluding tert-OH is 2. The minimum atomic E-state index is -0.656. The van der Waals surface area contributed by atoms with Crippen molar-refractivity contribution in [2.24, 2.45) is 5.41 Å². The highest BCUT2D eigenvalue weighted by atomic mass is 19.1. The normalized spacial score (nSPS) is 19.6. The van der Waals surface area contributed by atoms with Crippen LogP contribution in [0.5, 0.6) is 5.75 Å². The first kappa shape index (κ1) is 19.5. The van der Waals surface area contributed by atoms with E-state index < -0.39 is 6.10 Å². The van der Waals surface area contributed by atoms with E-state index in [4.69, 9.17) is 9.84 Å². The fraction of sp³-hybridized carbons (Fsp3) is 0.435. The molecule has 5 rings (SSSR count). The Morgan fingerprint density at radius 2 is 2.07 bits per heavy atom. The van der Waals surface area contributed by atoms with Crippen molar-refractivity contribution < 1.29 is 19.3 Å². The number of fused-ring (bicyclic) bond motifs is 1. The SMILES string of the molecule is COc1ccc(F)cc1-c1ccnc2[nH]c(C3CC4(C3)CN(CC(O)CO)C4)cc12. The molecule has 0 amide bonds. The lowest BCUT2D eigenvalue weighted by Crippen LogP contribution is -2.62. The second-order valence-corrected chi connectivity index (χ2v) is 8.80. The van der Waals surface area contributed by atoms with Gasteiger partial charge in [0.2, 0.25) is 0 Å². The number of ether oxygens (including phenoxy) is 1. The maximum atomic E-state index is 13.9. The average Bonchev–Trinajstić information content (AvgIpc) is 3.12. The first-order valence-corrected chi connectivity index (χ1v) is 10.3. The Labute approximate surface area is 174 Å². The number of methoxy groups -OCH3 is 1. The number of aliphatic hydroxyl groups is 2. The van der Waals surface area contributed by atoms with Crippen LogP contribution in [0.15, 0.2) is 36.5 Å². The summed E-state index contributed by atoms with van der Waals surface area (Å²) in [5.74, 6) is 0.786. The maximum Gasteiger partial charge on any atom is 0.138 e. The van der Waals surface area contributed by atoms with E-state index in [1.165, 1.54) is 17.8 Å². The summed E-state index contributed by atoms with van der Waals surface area (Å²) in [7, 11) is 1.59. The smallest absolute Gasteiger partial charge is 0.138 e. The molecule has 2 aromatic heterocycles. The van der Waals surface area contributed by atoms with E-state index in [0.29, 0.717) is 23.6 Å². The Balaban J connectivity index is 1.36. The number of rotatable bonds is 6. The van der Waals surface area contributed by atoms with E-state index >= 15 is 0 Å². The second-order valence-electron chi connectivity index (χ2n) is 8.80. The van der Waals surface area contributed by atoms with Crippen molar-refractivity contribution in [2.45, 2.75) is 24.9 Å². The molecule has 1 saturated heterocycles. The summed E-state index contributed by atoms with van der Waals surface area (Å²) in [6.07, 6.45) is 3.28. The lowest BCUT2D eigenvalue weighted by molar-refractivity contribution is -0.0921. The Bertz CT molecular complexity index is 1070. The predicted octanol–water partition coefficient (Wildman–Crippen LogP) is 2.91. The van der Waals surface area contributed by atoms with Gasteiger partial charge in [0.25, 0.3) is 0 Å². The molecule has 3 aromatic rings. The lowest BCUT2D eigenvalue weighted by atomic mass is 9.57. The zero-order chi connectivity index (χ0) is 20.9. The zero-order valence-corrected chi connectivity index (χ0v) is 16.9. The Hall–Kier alpha value is -2.48. The number of H-pyrrole nitrogens is 1. The number of nitrogens with one attached hydrogen (secondary N) is 1. The monoisotopic (exact) mass is 411 g/mol. The number of likely N-dealkylation sites (tertiary alicyclic amines) is 1. The maximum absolute atomic E-state index is 13.9. The summed E-state index contributed by atoms with van der Waals surface area (Å²) in [5.41, 5.74) is 3.92. The zero-order valence-electron chi connectivity index (χ0n) is 16.9. The van der Waals surface area contributed by atoms with Crippen LogP contribution in [0.1, 0.15) is 24.5 Å². The van der Waals surface area contributed by atoms with Gasteiger partial charge in [-0.05, 0) is 54.2 Å². The van der Waals surface area contributed by atoms with Gasteiger partial charge >= 0.3 is 0 Å². The van der Waals surface area contributed by atoms with Gasteiger partial charge in [0.1, 0.15) is 17.2 Å². The summed E-state index contributed by atoms with van der Waals surface area (Å²) < 4.78 is 19.4. The number of hydrogen-bond donors (Lipinski definition) is 3. The molecule has 6 nitrogen and oxygen atoms in total. The first-order valence-electron chi connectivity index (χ1n) is 10.3. The molecule has 7 heteroatoms. The quantitative estimate of drug-likeness (QED) is 0.581. The minimum absolute atomic E-state index is 0.188. The Kier molecular flexibility index (Phi) is 4.76. The topological polar surface area (TPSA) is 81.6 Å². The minimum Gasteiger partial charge on any atom is -0.496 e. The van der Waals surface area contributed by atoms with Crippen LogP contribution in [0, 0.1) is 11.2 Å². The number of halogens is 1. The van der Waals surface area contributed by atoms with Crippen LogP contribution in [-0.4, -0.2) is 64.5 Å². The molecule has 3 heterocycles. The van der Waals surface area contributed by atoms with Crippen molar-refractivity contribution in [1.82, 2.24) is 14.9 Å². The van der Waals surface area contributed by atoms with Gasteiger partial charge < -0.3 is 19.9 Å². The average molecular weight is 411 g/mol. The van der Waals surface area contributed by atoms with Crippen LogP contribution in [0.25, 0.3) is 22.2 Å².